The van der Waals surface area contributed by atoms with Crippen LogP contribution in [0.15, 0.2) is 36.4 Å². The standard InChI is InChI=1S/C15H14FN5/c1-9-4-3-5-10(2)14(9)21-15(18-19-20-21)11-6-7-13(17)12(16)8-11/h3-8H,17H2,1-2H3. The molecule has 0 unspecified atom stereocenters. The fraction of sp³-hybridized carbons (Fsp3) is 0.133. The van der Waals surface area contributed by atoms with Gasteiger partial charge in [-0.3, -0.25) is 0 Å². The van der Waals surface area contributed by atoms with Crippen molar-refractivity contribution < 1.29 is 4.39 Å². The van der Waals surface area contributed by atoms with Gasteiger partial charge in [-0.1, -0.05) is 18.2 Å². The molecule has 0 aliphatic rings. The summed E-state index contributed by atoms with van der Waals surface area (Å²) in [5.41, 5.74) is 9.17. The van der Waals surface area contributed by atoms with Crippen LogP contribution in [0, 0.1) is 19.7 Å². The number of nitrogen functional groups attached to an aromatic ring is 1. The molecule has 0 aliphatic heterocycles. The zero-order valence-electron chi connectivity index (χ0n) is 11.7. The van der Waals surface area contributed by atoms with Crippen molar-refractivity contribution in [3.05, 3.63) is 53.3 Å². The van der Waals surface area contributed by atoms with Crippen molar-refractivity contribution in [2.45, 2.75) is 13.8 Å². The van der Waals surface area contributed by atoms with Crippen molar-refractivity contribution in [2.24, 2.45) is 0 Å². The molecular formula is C15H14FN5. The third-order valence-electron chi connectivity index (χ3n) is 3.38. The Morgan fingerprint density at radius 1 is 1.10 bits per heavy atom. The van der Waals surface area contributed by atoms with Crippen LogP contribution in [0.5, 0.6) is 0 Å². The van der Waals surface area contributed by atoms with E-state index in [-0.39, 0.29) is 5.69 Å². The van der Waals surface area contributed by atoms with Crippen molar-refractivity contribution >= 4 is 5.69 Å². The highest BCUT2D eigenvalue weighted by Crippen LogP contribution is 2.25. The van der Waals surface area contributed by atoms with E-state index in [0.29, 0.717) is 11.4 Å². The summed E-state index contributed by atoms with van der Waals surface area (Å²) >= 11 is 0. The number of rotatable bonds is 2. The second-order valence-corrected chi connectivity index (χ2v) is 4.89. The molecule has 0 radical (unpaired) electrons. The van der Waals surface area contributed by atoms with Gasteiger partial charge in [0.05, 0.1) is 11.4 Å². The summed E-state index contributed by atoms with van der Waals surface area (Å²) in [6, 6.07) is 10.5. The minimum atomic E-state index is -0.483. The van der Waals surface area contributed by atoms with Crippen molar-refractivity contribution in [3.63, 3.8) is 0 Å². The molecule has 1 heterocycles. The summed E-state index contributed by atoms with van der Waals surface area (Å²) in [6.07, 6.45) is 0. The van der Waals surface area contributed by atoms with Crippen molar-refractivity contribution in [2.75, 3.05) is 5.73 Å². The molecule has 0 spiro atoms. The van der Waals surface area contributed by atoms with E-state index in [4.69, 9.17) is 5.73 Å². The predicted molar refractivity (Wildman–Crippen MR) is 78.4 cm³/mol. The van der Waals surface area contributed by atoms with Gasteiger partial charge in [0.25, 0.3) is 0 Å². The highest BCUT2D eigenvalue weighted by atomic mass is 19.1. The number of hydrogen-bond acceptors (Lipinski definition) is 4. The second-order valence-electron chi connectivity index (χ2n) is 4.89. The number of tetrazole rings is 1. The van der Waals surface area contributed by atoms with E-state index in [9.17, 15) is 4.39 Å². The normalized spacial score (nSPS) is 10.8. The van der Waals surface area contributed by atoms with Crippen molar-refractivity contribution in [1.29, 1.82) is 0 Å². The molecule has 3 aromatic rings. The number of nitrogens with zero attached hydrogens (tertiary/aromatic N) is 4. The van der Waals surface area contributed by atoms with Crippen LogP contribution in [0.1, 0.15) is 11.1 Å². The Morgan fingerprint density at radius 3 is 2.48 bits per heavy atom. The van der Waals surface area contributed by atoms with Gasteiger partial charge in [-0.25, -0.2) is 4.39 Å². The smallest absolute Gasteiger partial charge is 0.187 e. The van der Waals surface area contributed by atoms with Gasteiger partial charge in [-0.05, 0) is 53.6 Å². The number of para-hydroxylation sites is 1. The van der Waals surface area contributed by atoms with Gasteiger partial charge in [0, 0.05) is 5.56 Å². The number of benzene rings is 2. The molecule has 3 rings (SSSR count). The number of nitrogens with two attached hydrogens (primary N) is 1. The Hall–Kier alpha value is -2.76. The lowest BCUT2D eigenvalue weighted by Gasteiger charge is -2.11. The van der Waals surface area contributed by atoms with Crippen LogP contribution in [0.4, 0.5) is 10.1 Å². The quantitative estimate of drug-likeness (QED) is 0.734. The Balaban J connectivity index is 2.20. The number of hydrogen-bond donors (Lipinski definition) is 1. The summed E-state index contributed by atoms with van der Waals surface area (Å²) in [7, 11) is 0. The molecule has 0 saturated heterocycles. The molecule has 0 saturated carbocycles. The Kier molecular flexibility index (Phi) is 3.13. The number of aryl methyl sites for hydroxylation is 2. The monoisotopic (exact) mass is 283 g/mol. The molecule has 5 nitrogen and oxygen atoms in total. The van der Waals surface area contributed by atoms with E-state index in [1.807, 2.05) is 32.0 Å². The maximum atomic E-state index is 13.7. The summed E-state index contributed by atoms with van der Waals surface area (Å²) < 4.78 is 15.3. The van der Waals surface area contributed by atoms with Crippen molar-refractivity contribution in [1.82, 2.24) is 20.2 Å². The summed E-state index contributed by atoms with van der Waals surface area (Å²) in [5.74, 6) is -0.00476. The predicted octanol–water partition coefficient (Wildman–Crippen LogP) is 2.67. The Bertz CT molecular complexity index is 789. The highest BCUT2D eigenvalue weighted by molar-refractivity contribution is 5.62. The third kappa shape index (κ3) is 2.24. The van der Waals surface area contributed by atoms with E-state index in [1.165, 1.54) is 12.1 Å². The van der Waals surface area contributed by atoms with Gasteiger partial charge in [-0.15, -0.1) is 5.10 Å². The molecular weight excluding hydrogens is 269 g/mol. The Labute approximate surface area is 121 Å². The SMILES string of the molecule is Cc1cccc(C)c1-n1nnnc1-c1ccc(N)c(F)c1. The molecule has 21 heavy (non-hydrogen) atoms. The molecule has 2 aromatic carbocycles. The number of aromatic nitrogens is 4. The third-order valence-corrected chi connectivity index (χ3v) is 3.38. The zero-order chi connectivity index (χ0) is 15.0. The molecule has 0 aliphatic carbocycles. The molecule has 6 heteroatoms. The molecule has 0 fully saturated rings. The Morgan fingerprint density at radius 2 is 1.81 bits per heavy atom. The largest absolute Gasteiger partial charge is 0.396 e. The van der Waals surface area contributed by atoms with E-state index >= 15 is 0 Å². The average molecular weight is 283 g/mol. The van der Waals surface area contributed by atoms with Crippen LogP contribution in [0.2, 0.25) is 0 Å². The maximum absolute atomic E-state index is 13.7. The van der Waals surface area contributed by atoms with Crippen LogP contribution in [0.25, 0.3) is 17.1 Å². The van der Waals surface area contributed by atoms with Crippen LogP contribution < -0.4 is 5.73 Å². The summed E-state index contributed by atoms with van der Waals surface area (Å²) in [6.45, 7) is 3.97. The first-order valence-electron chi connectivity index (χ1n) is 6.48. The fourth-order valence-electron chi connectivity index (χ4n) is 2.32. The first-order valence-corrected chi connectivity index (χ1v) is 6.48. The zero-order valence-corrected chi connectivity index (χ0v) is 11.7. The fourth-order valence-corrected chi connectivity index (χ4v) is 2.32. The van der Waals surface area contributed by atoms with Gasteiger partial charge in [0.2, 0.25) is 0 Å². The lowest BCUT2D eigenvalue weighted by atomic mass is 10.1. The lowest BCUT2D eigenvalue weighted by Crippen LogP contribution is -2.04. The lowest BCUT2D eigenvalue weighted by molar-refractivity contribution is 0.632. The minimum Gasteiger partial charge on any atom is -0.396 e. The van der Waals surface area contributed by atoms with E-state index < -0.39 is 5.82 Å². The molecule has 2 N–H and O–H groups in total. The molecule has 106 valence electrons. The molecule has 0 amide bonds. The second kappa shape index (κ2) is 4.97. The van der Waals surface area contributed by atoms with Gasteiger partial charge in [0.15, 0.2) is 5.82 Å². The van der Waals surface area contributed by atoms with Crippen LogP contribution in [-0.4, -0.2) is 20.2 Å². The molecule has 1 aromatic heterocycles. The number of halogens is 1. The van der Waals surface area contributed by atoms with Crippen molar-refractivity contribution in [3.8, 4) is 17.1 Å². The highest BCUT2D eigenvalue weighted by Gasteiger charge is 2.15. The van der Waals surface area contributed by atoms with Crippen LogP contribution in [0.3, 0.4) is 0 Å². The molecule has 0 bridgehead atoms. The first-order chi connectivity index (χ1) is 10.1. The van der Waals surface area contributed by atoms with Gasteiger partial charge >= 0.3 is 0 Å². The van der Waals surface area contributed by atoms with Gasteiger partial charge in [-0.2, -0.15) is 4.68 Å². The van der Waals surface area contributed by atoms with E-state index in [1.54, 1.807) is 10.7 Å². The van der Waals surface area contributed by atoms with Gasteiger partial charge in [0.1, 0.15) is 5.82 Å². The molecule has 0 atom stereocenters. The first kappa shape index (κ1) is 13.2. The van der Waals surface area contributed by atoms with E-state index in [2.05, 4.69) is 15.5 Å². The number of anilines is 1. The van der Waals surface area contributed by atoms with Gasteiger partial charge < -0.3 is 5.73 Å². The maximum Gasteiger partial charge on any atom is 0.187 e. The van der Waals surface area contributed by atoms with Crippen LogP contribution in [-0.2, 0) is 0 Å². The minimum absolute atomic E-state index is 0.102. The van der Waals surface area contributed by atoms with E-state index in [0.717, 1.165) is 16.8 Å². The summed E-state index contributed by atoms with van der Waals surface area (Å²) in [5, 5.41) is 11.8. The summed E-state index contributed by atoms with van der Waals surface area (Å²) in [4.78, 5) is 0. The van der Waals surface area contributed by atoms with Crippen LogP contribution >= 0.6 is 0 Å². The topological polar surface area (TPSA) is 69.6 Å². The average Bonchev–Trinajstić information content (AvgIpc) is 2.91.